The first-order valence-corrected chi connectivity index (χ1v) is 7.36. The SMILES string of the molecule is CCOC1CCN(c2cc(Cl)ccc2CCl)CC1. The molecule has 1 heterocycles. The van der Waals surface area contributed by atoms with Crippen LogP contribution < -0.4 is 4.90 Å². The van der Waals surface area contributed by atoms with Gasteiger partial charge in [-0.25, -0.2) is 0 Å². The molecule has 1 fully saturated rings. The second-order valence-electron chi connectivity index (χ2n) is 4.55. The highest BCUT2D eigenvalue weighted by atomic mass is 35.5. The number of nitrogens with zero attached hydrogens (tertiary/aromatic N) is 1. The Hall–Kier alpha value is -0.440. The van der Waals surface area contributed by atoms with Gasteiger partial charge in [-0.2, -0.15) is 0 Å². The van der Waals surface area contributed by atoms with E-state index in [-0.39, 0.29) is 0 Å². The summed E-state index contributed by atoms with van der Waals surface area (Å²) in [4.78, 5) is 2.36. The van der Waals surface area contributed by atoms with Crippen LogP contribution in [0.3, 0.4) is 0 Å². The van der Waals surface area contributed by atoms with Gasteiger partial charge in [0.15, 0.2) is 0 Å². The van der Waals surface area contributed by atoms with Crippen LogP contribution in [-0.2, 0) is 10.6 Å². The van der Waals surface area contributed by atoms with Crippen LogP contribution in [0.25, 0.3) is 0 Å². The lowest BCUT2D eigenvalue weighted by Crippen LogP contribution is -2.37. The second kappa shape index (κ2) is 6.65. The van der Waals surface area contributed by atoms with Crippen LogP contribution in [0.4, 0.5) is 5.69 Å². The number of rotatable bonds is 4. The van der Waals surface area contributed by atoms with Crippen molar-refractivity contribution in [1.82, 2.24) is 0 Å². The van der Waals surface area contributed by atoms with Gasteiger partial charge < -0.3 is 9.64 Å². The Morgan fingerprint density at radius 1 is 1.33 bits per heavy atom. The summed E-state index contributed by atoms with van der Waals surface area (Å²) in [7, 11) is 0. The molecule has 0 saturated carbocycles. The third-order valence-corrected chi connectivity index (χ3v) is 3.90. The fourth-order valence-corrected chi connectivity index (χ4v) is 2.84. The molecule has 0 unspecified atom stereocenters. The van der Waals surface area contributed by atoms with Crippen molar-refractivity contribution < 1.29 is 4.74 Å². The van der Waals surface area contributed by atoms with Gasteiger partial charge in [-0.05, 0) is 37.5 Å². The zero-order valence-electron chi connectivity index (χ0n) is 10.7. The Morgan fingerprint density at radius 2 is 2.06 bits per heavy atom. The molecule has 1 aliphatic rings. The molecule has 4 heteroatoms. The van der Waals surface area contributed by atoms with E-state index in [1.165, 1.54) is 5.69 Å². The first-order chi connectivity index (χ1) is 8.74. The molecule has 100 valence electrons. The lowest BCUT2D eigenvalue weighted by Gasteiger charge is -2.34. The molecule has 1 aromatic carbocycles. The van der Waals surface area contributed by atoms with Crippen molar-refractivity contribution in [2.24, 2.45) is 0 Å². The fraction of sp³-hybridized carbons (Fsp3) is 0.571. The summed E-state index contributed by atoms with van der Waals surface area (Å²) >= 11 is 12.1. The number of benzene rings is 1. The van der Waals surface area contributed by atoms with Gasteiger partial charge in [0.05, 0.1) is 6.10 Å². The van der Waals surface area contributed by atoms with Crippen LogP contribution in [0.5, 0.6) is 0 Å². The van der Waals surface area contributed by atoms with Crippen molar-refractivity contribution in [3.63, 3.8) is 0 Å². The molecule has 0 N–H and O–H groups in total. The van der Waals surface area contributed by atoms with Crippen molar-refractivity contribution in [2.75, 3.05) is 24.6 Å². The van der Waals surface area contributed by atoms with Gasteiger partial charge in [-0.1, -0.05) is 17.7 Å². The van der Waals surface area contributed by atoms with E-state index in [1.54, 1.807) is 0 Å². The number of alkyl halides is 1. The summed E-state index contributed by atoms with van der Waals surface area (Å²) < 4.78 is 5.67. The number of piperidine rings is 1. The summed E-state index contributed by atoms with van der Waals surface area (Å²) in [5, 5.41) is 0.769. The van der Waals surface area contributed by atoms with Crippen molar-refractivity contribution in [1.29, 1.82) is 0 Å². The van der Waals surface area contributed by atoms with E-state index in [2.05, 4.69) is 11.8 Å². The van der Waals surface area contributed by atoms with Crippen LogP contribution in [0.1, 0.15) is 25.3 Å². The standard InChI is InChI=1S/C14H19Cl2NO/c1-2-18-13-5-7-17(8-6-13)14-9-12(16)4-3-11(14)10-15/h3-4,9,13H,2,5-8,10H2,1H3. The molecule has 1 aliphatic heterocycles. The van der Waals surface area contributed by atoms with E-state index >= 15 is 0 Å². The number of ether oxygens (including phenoxy) is 1. The third kappa shape index (κ3) is 3.31. The predicted octanol–water partition coefficient (Wildman–Crippen LogP) is 4.08. The lowest BCUT2D eigenvalue weighted by atomic mass is 10.1. The molecule has 0 aromatic heterocycles. The molecule has 2 rings (SSSR count). The molecular weight excluding hydrogens is 269 g/mol. The topological polar surface area (TPSA) is 12.5 Å². The van der Waals surface area contributed by atoms with Crippen LogP contribution in [-0.4, -0.2) is 25.8 Å². The first kappa shape index (κ1) is 14.0. The number of hydrogen-bond donors (Lipinski definition) is 0. The maximum Gasteiger partial charge on any atom is 0.0608 e. The Bertz CT molecular complexity index is 389. The average Bonchev–Trinajstić information content (AvgIpc) is 2.40. The van der Waals surface area contributed by atoms with Crippen molar-refractivity contribution in [2.45, 2.75) is 31.7 Å². The van der Waals surface area contributed by atoms with Crippen LogP contribution in [0.15, 0.2) is 18.2 Å². The quantitative estimate of drug-likeness (QED) is 0.774. The van der Waals surface area contributed by atoms with E-state index in [0.717, 1.165) is 43.1 Å². The van der Waals surface area contributed by atoms with Crippen LogP contribution in [0, 0.1) is 0 Å². The highest BCUT2D eigenvalue weighted by Crippen LogP contribution is 2.29. The highest BCUT2D eigenvalue weighted by molar-refractivity contribution is 6.31. The van der Waals surface area contributed by atoms with E-state index in [1.807, 2.05) is 18.2 Å². The molecule has 0 radical (unpaired) electrons. The molecule has 18 heavy (non-hydrogen) atoms. The van der Waals surface area contributed by atoms with E-state index in [9.17, 15) is 0 Å². The van der Waals surface area contributed by atoms with E-state index < -0.39 is 0 Å². The van der Waals surface area contributed by atoms with Gasteiger partial charge in [0.25, 0.3) is 0 Å². The van der Waals surface area contributed by atoms with E-state index in [4.69, 9.17) is 27.9 Å². The minimum Gasteiger partial charge on any atom is -0.378 e. The molecule has 1 aromatic rings. The van der Waals surface area contributed by atoms with Crippen LogP contribution >= 0.6 is 23.2 Å². The maximum absolute atomic E-state index is 6.08. The molecule has 2 nitrogen and oxygen atoms in total. The maximum atomic E-state index is 6.08. The molecule has 0 atom stereocenters. The Labute approximate surface area is 119 Å². The zero-order valence-corrected chi connectivity index (χ0v) is 12.2. The largest absolute Gasteiger partial charge is 0.378 e. The smallest absolute Gasteiger partial charge is 0.0608 e. The fourth-order valence-electron chi connectivity index (χ4n) is 2.44. The molecule has 0 amide bonds. The number of hydrogen-bond acceptors (Lipinski definition) is 2. The summed E-state index contributed by atoms with van der Waals surface area (Å²) in [6.45, 7) is 4.87. The molecule has 1 saturated heterocycles. The van der Waals surface area contributed by atoms with Gasteiger partial charge in [0.2, 0.25) is 0 Å². The summed E-state index contributed by atoms with van der Waals surface area (Å²) in [5.41, 5.74) is 2.32. The Balaban J connectivity index is 2.06. The predicted molar refractivity (Wildman–Crippen MR) is 77.9 cm³/mol. The summed E-state index contributed by atoms with van der Waals surface area (Å²) in [5.74, 6) is 0.526. The normalized spacial score (nSPS) is 17.2. The first-order valence-electron chi connectivity index (χ1n) is 6.45. The average molecular weight is 288 g/mol. The Morgan fingerprint density at radius 3 is 2.67 bits per heavy atom. The molecule has 0 bridgehead atoms. The van der Waals surface area contributed by atoms with Gasteiger partial charge in [-0.15, -0.1) is 11.6 Å². The van der Waals surface area contributed by atoms with Gasteiger partial charge in [-0.3, -0.25) is 0 Å². The van der Waals surface area contributed by atoms with Crippen LogP contribution in [0.2, 0.25) is 5.02 Å². The minimum absolute atomic E-state index is 0.407. The zero-order chi connectivity index (χ0) is 13.0. The monoisotopic (exact) mass is 287 g/mol. The van der Waals surface area contributed by atoms with Crippen molar-refractivity contribution in [3.05, 3.63) is 28.8 Å². The van der Waals surface area contributed by atoms with E-state index in [0.29, 0.717) is 12.0 Å². The number of halogens is 2. The minimum atomic E-state index is 0.407. The highest BCUT2D eigenvalue weighted by Gasteiger charge is 2.21. The van der Waals surface area contributed by atoms with Gasteiger partial charge in [0, 0.05) is 36.3 Å². The summed E-state index contributed by atoms with van der Waals surface area (Å²) in [6, 6.07) is 5.93. The molecule has 0 aliphatic carbocycles. The van der Waals surface area contributed by atoms with Crippen molar-refractivity contribution >= 4 is 28.9 Å². The van der Waals surface area contributed by atoms with Gasteiger partial charge in [0.1, 0.15) is 0 Å². The lowest BCUT2D eigenvalue weighted by molar-refractivity contribution is 0.0459. The molecular formula is C14H19Cl2NO. The third-order valence-electron chi connectivity index (χ3n) is 3.38. The second-order valence-corrected chi connectivity index (χ2v) is 5.25. The van der Waals surface area contributed by atoms with Gasteiger partial charge >= 0.3 is 0 Å². The Kier molecular flexibility index (Phi) is 5.16. The number of anilines is 1. The van der Waals surface area contributed by atoms with Crippen molar-refractivity contribution in [3.8, 4) is 0 Å². The molecule has 0 spiro atoms. The summed E-state index contributed by atoms with van der Waals surface area (Å²) in [6.07, 6.45) is 2.55.